The summed E-state index contributed by atoms with van der Waals surface area (Å²) in [6.07, 6.45) is 2.21. The second-order valence-electron chi connectivity index (χ2n) is 4.19. The van der Waals surface area contributed by atoms with Gasteiger partial charge in [-0.3, -0.25) is 4.79 Å². The maximum atomic E-state index is 11.5. The maximum Gasteiger partial charge on any atom is 0.223 e. The molecule has 1 amide bonds. The normalized spacial score (nSPS) is 10.2. The lowest BCUT2D eigenvalue weighted by Crippen LogP contribution is -2.26. The van der Waals surface area contributed by atoms with Gasteiger partial charge in [0.2, 0.25) is 5.91 Å². The number of para-hydroxylation sites is 2. The maximum absolute atomic E-state index is 11.5. The molecule has 0 atom stereocenters. The lowest BCUT2D eigenvalue weighted by Gasteiger charge is -2.08. The molecule has 1 rings (SSSR count). The molecule has 0 saturated carbocycles. The molecule has 0 saturated heterocycles. The van der Waals surface area contributed by atoms with Crippen LogP contribution in [0.2, 0.25) is 0 Å². The molecule has 0 unspecified atom stereocenters. The number of unbranched alkanes of at least 4 members (excludes halogenated alkanes) is 1. The molecule has 106 valence electrons. The summed E-state index contributed by atoms with van der Waals surface area (Å²) in [6.45, 7) is 1.74. The summed E-state index contributed by atoms with van der Waals surface area (Å²) < 4.78 is 10.4. The zero-order valence-electron chi connectivity index (χ0n) is 11.4. The number of hydrogen-bond acceptors (Lipinski definition) is 4. The predicted molar refractivity (Wildman–Crippen MR) is 75.1 cm³/mol. The Morgan fingerprint density at radius 3 is 2.79 bits per heavy atom. The quantitative estimate of drug-likeness (QED) is 0.526. The Hall–Kier alpha value is -1.75. The third kappa shape index (κ3) is 6.67. The first-order valence-corrected chi connectivity index (χ1v) is 6.47. The molecule has 0 radical (unpaired) electrons. The lowest BCUT2D eigenvalue weighted by molar-refractivity contribution is -0.121. The summed E-state index contributed by atoms with van der Waals surface area (Å²) in [5.41, 5.74) is 6.31. The third-order valence-electron chi connectivity index (χ3n) is 2.60. The van der Waals surface area contributed by atoms with E-state index < -0.39 is 0 Å². The average molecular weight is 266 g/mol. The van der Waals surface area contributed by atoms with Crippen molar-refractivity contribution in [2.45, 2.75) is 19.3 Å². The molecule has 0 aliphatic carbocycles. The van der Waals surface area contributed by atoms with E-state index >= 15 is 0 Å². The number of nitrogens with two attached hydrogens (primary N) is 1. The van der Waals surface area contributed by atoms with E-state index in [9.17, 15) is 4.79 Å². The first-order chi connectivity index (χ1) is 9.24. The van der Waals surface area contributed by atoms with E-state index in [1.54, 1.807) is 19.2 Å². The van der Waals surface area contributed by atoms with Crippen LogP contribution < -0.4 is 15.8 Å². The minimum atomic E-state index is -0.00748. The zero-order valence-corrected chi connectivity index (χ0v) is 11.4. The highest BCUT2D eigenvalue weighted by Gasteiger charge is 2.03. The summed E-state index contributed by atoms with van der Waals surface area (Å²) in [4.78, 5) is 11.5. The van der Waals surface area contributed by atoms with Gasteiger partial charge in [0, 0.05) is 20.3 Å². The highest BCUT2D eigenvalue weighted by Crippen LogP contribution is 2.19. The van der Waals surface area contributed by atoms with Crippen molar-refractivity contribution in [3.05, 3.63) is 24.3 Å². The standard InChI is InChI=1S/C14H22N2O3/c1-18-10-5-4-9-16-14(17)8-11-19-13-7-3-2-6-12(13)15/h2-3,6-7H,4-5,8-11,15H2,1H3,(H,16,17). The number of amides is 1. The van der Waals surface area contributed by atoms with Gasteiger partial charge in [-0.15, -0.1) is 0 Å². The Kier molecular flexibility index (Phi) is 7.43. The van der Waals surface area contributed by atoms with Gasteiger partial charge in [0.15, 0.2) is 0 Å². The molecule has 5 heteroatoms. The molecule has 0 fully saturated rings. The smallest absolute Gasteiger partial charge is 0.223 e. The Morgan fingerprint density at radius 1 is 1.26 bits per heavy atom. The molecule has 1 aromatic carbocycles. The van der Waals surface area contributed by atoms with E-state index in [2.05, 4.69) is 5.32 Å². The number of hydrogen-bond donors (Lipinski definition) is 2. The van der Waals surface area contributed by atoms with E-state index in [4.69, 9.17) is 15.2 Å². The van der Waals surface area contributed by atoms with Gasteiger partial charge < -0.3 is 20.5 Å². The van der Waals surface area contributed by atoms with Gasteiger partial charge in [-0.05, 0) is 25.0 Å². The number of ether oxygens (including phenoxy) is 2. The van der Waals surface area contributed by atoms with Crippen LogP contribution in [0.15, 0.2) is 24.3 Å². The topological polar surface area (TPSA) is 73.6 Å². The molecule has 0 spiro atoms. The van der Waals surface area contributed by atoms with Crippen molar-refractivity contribution in [3.8, 4) is 5.75 Å². The summed E-state index contributed by atoms with van der Waals surface area (Å²) in [5, 5.41) is 2.84. The van der Waals surface area contributed by atoms with Gasteiger partial charge >= 0.3 is 0 Å². The first kappa shape index (κ1) is 15.3. The van der Waals surface area contributed by atoms with Crippen LogP contribution in [-0.4, -0.2) is 32.8 Å². The van der Waals surface area contributed by atoms with Gasteiger partial charge in [0.25, 0.3) is 0 Å². The number of carbonyl (C=O) groups excluding carboxylic acids is 1. The van der Waals surface area contributed by atoms with Crippen molar-refractivity contribution in [2.75, 3.05) is 32.6 Å². The van der Waals surface area contributed by atoms with Crippen LogP contribution in [0.3, 0.4) is 0 Å². The van der Waals surface area contributed by atoms with Gasteiger partial charge in [-0.25, -0.2) is 0 Å². The molecular formula is C14H22N2O3. The van der Waals surface area contributed by atoms with Crippen LogP contribution in [0.25, 0.3) is 0 Å². The van der Waals surface area contributed by atoms with Gasteiger partial charge in [0.05, 0.1) is 18.7 Å². The van der Waals surface area contributed by atoms with Crippen molar-refractivity contribution in [3.63, 3.8) is 0 Å². The fourth-order valence-corrected chi connectivity index (χ4v) is 1.55. The molecule has 19 heavy (non-hydrogen) atoms. The first-order valence-electron chi connectivity index (χ1n) is 6.47. The highest BCUT2D eigenvalue weighted by molar-refractivity contribution is 5.75. The number of rotatable bonds is 9. The van der Waals surface area contributed by atoms with Crippen LogP contribution >= 0.6 is 0 Å². The molecule has 0 aliphatic heterocycles. The lowest BCUT2D eigenvalue weighted by atomic mass is 10.3. The van der Waals surface area contributed by atoms with Crippen LogP contribution in [0, 0.1) is 0 Å². The molecule has 0 aromatic heterocycles. The van der Waals surface area contributed by atoms with Crippen molar-refractivity contribution in [1.29, 1.82) is 0 Å². The molecular weight excluding hydrogens is 244 g/mol. The molecule has 0 aliphatic rings. The summed E-state index contributed by atoms with van der Waals surface area (Å²) in [7, 11) is 1.67. The fourth-order valence-electron chi connectivity index (χ4n) is 1.55. The van der Waals surface area contributed by atoms with Crippen molar-refractivity contribution < 1.29 is 14.3 Å². The molecule has 1 aromatic rings. The largest absolute Gasteiger partial charge is 0.491 e. The number of benzene rings is 1. The third-order valence-corrected chi connectivity index (χ3v) is 2.60. The summed E-state index contributed by atoms with van der Waals surface area (Å²) in [6, 6.07) is 7.25. The Labute approximate surface area is 114 Å². The van der Waals surface area contributed by atoms with Crippen LogP contribution in [0.1, 0.15) is 19.3 Å². The Balaban J connectivity index is 2.09. The van der Waals surface area contributed by atoms with Gasteiger partial charge in [-0.2, -0.15) is 0 Å². The monoisotopic (exact) mass is 266 g/mol. The minimum absolute atomic E-state index is 0.00748. The van der Waals surface area contributed by atoms with E-state index in [0.29, 0.717) is 31.0 Å². The van der Waals surface area contributed by atoms with E-state index in [-0.39, 0.29) is 5.91 Å². The van der Waals surface area contributed by atoms with Crippen LogP contribution in [0.4, 0.5) is 5.69 Å². The van der Waals surface area contributed by atoms with Gasteiger partial charge in [0.1, 0.15) is 5.75 Å². The van der Waals surface area contributed by atoms with Gasteiger partial charge in [-0.1, -0.05) is 12.1 Å². The number of methoxy groups -OCH3 is 1. The summed E-state index contributed by atoms with van der Waals surface area (Å²) >= 11 is 0. The second kappa shape index (κ2) is 9.22. The van der Waals surface area contributed by atoms with Crippen LogP contribution in [-0.2, 0) is 9.53 Å². The Morgan fingerprint density at radius 2 is 2.05 bits per heavy atom. The predicted octanol–water partition coefficient (Wildman–Crippen LogP) is 1.58. The molecule has 0 heterocycles. The van der Waals surface area contributed by atoms with Crippen molar-refractivity contribution in [1.82, 2.24) is 5.32 Å². The van der Waals surface area contributed by atoms with Crippen molar-refractivity contribution >= 4 is 11.6 Å². The number of carbonyl (C=O) groups is 1. The van der Waals surface area contributed by atoms with E-state index in [1.807, 2.05) is 12.1 Å². The molecule has 5 nitrogen and oxygen atoms in total. The highest BCUT2D eigenvalue weighted by atomic mass is 16.5. The molecule has 0 bridgehead atoms. The van der Waals surface area contributed by atoms with Crippen molar-refractivity contribution in [2.24, 2.45) is 0 Å². The Bertz CT molecular complexity index is 383. The average Bonchev–Trinajstić information content (AvgIpc) is 2.41. The van der Waals surface area contributed by atoms with E-state index in [1.165, 1.54) is 0 Å². The van der Waals surface area contributed by atoms with Crippen LogP contribution in [0.5, 0.6) is 5.75 Å². The SMILES string of the molecule is COCCCCNC(=O)CCOc1ccccc1N. The summed E-state index contributed by atoms with van der Waals surface area (Å²) in [5.74, 6) is 0.613. The van der Waals surface area contributed by atoms with E-state index in [0.717, 1.165) is 19.4 Å². The number of nitrogens with one attached hydrogen (secondary N) is 1. The fraction of sp³-hybridized carbons (Fsp3) is 0.500. The number of anilines is 1. The zero-order chi connectivity index (χ0) is 13.9. The number of nitrogen functional groups attached to an aromatic ring is 1. The molecule has 3 N–H and O–H groups in total. The second-order valence-corrected chi connectivity index (χ2v) is 4.19. The minimum Gasteiger partial charge on any atom is -0.491 e.